The predicted octanol–water partition coefficient (Wildman–Crippen LogP) is 4.04. The normalized spacial score (nSPS) is 14.1. The minimum atomic E-state index is -0.473. The molecule has 2 heteroatoms. The van der Waals surface area contributed by atoms with E-state index >= 15 is 0 Å². The lowest BCUT2D eigenvalue weighted by Gasteiger charge is -2.40. The smallest absolute Gasteiger partial charge is 0.312 e. The highest BCUT2D eigenvalue weighted by atomic mass is 16.6. The quantitative estimate of drug-likeness (QED) is 0.681. The van der Waals surface area contributed by atoms with Crippen molar-refractivity contribution < 1.29 is 9.53 Å². The van der Waals surface area contributed by atoms with Gasteiger partial charge in [0.25, 0.3) is 0 Å². The Hall–Kier alpha value is -0.530. The van der Waals surface area contributed by atoms with Gasteiger partial charge >= 0.3 is 5.97 Å². The molecule has 0 saturated heterocycles. The van der Waals surface area contributed by atoms with Crippen LogP contribution in [0.2, 0.25) is 0 Å². The van der Waals surface area contributed by atoms with Crippen molar-refractivity contribution in [3.8, 4) is 0 Å². The van der Waals surface area contributed by atoms with Crippen LogP contribution in [-0.2, 0) is 9.53 Å². The van der Waals surface area contributed by atoms with Crippen LogP contribution in [0.3, 0.4) is 0 Å². The summed E-state index contributed by atoms with van der Waals surface area (Å²) in [6.45, 7) is 18.2. The number of ether oxygens (including phenoxy) is 1. The molecule has 16 heavy (non-hydrogen) atoms. The molecule has 0 aliphatic rings. The lowest BCUT2D eigenvalue weighted by atomic mass is 9.69. The van der Waals surface area contributed by atoms with Crippen LogP contribution in [0.4, 0.5) is 0 Å². The summed E-state index contributed by atoms with van der Waals surface area (Å²) in [6.07, 6.45) is 0. The minimum Gasteiger partial charge on any atom is -0.459 e. The first-order chi connectivity index (χ1) is 6.82. The average molecular weight is 228 g/mol. The van der Waals surface area contributed by atoms with Crippen molar-refractivity contribution in [2.45, 2.75) is 67.9 Å². The van der Waals surface area contributed by atoms with Gasteiger partial charge in [-0.25, -0.2) is 0 Å². The van der Waals surface area contributed by atoms with Crippen molar-refractivity contribution in [1.82, 2.24) is 0 Å². The van der Waals surface area contributed by atoms with Crippen molar-refractivity contribution in [2.24, 2.45) is 16.7 Å². The van der Waals surface area contributed by atoms with Gasteiger partial charge in [0.05, 0.1) is 5.41 Å². The highest BCUT2D eigenvalue weighted by Crippen LogP contribution is 2.40. The summed E-state index contributed by atoms with van der Waals surface area (Å²) in [5, 5.41) is 0. The Labute approximate surface area is 101 Å². The predicted molar refractivity (Wildman–Crippen MR) is 68.2 cm³/mol. The third-order valence-corrected chi connectivity index (χ3v) is 4.13. The summed E-state index contributed by atoms with van der Waals surface area (Å²) in [7, 11) is 0. The van der Waals surface area contributed by atoms with E-state index in [1.807, 2.05) is 27.7 Å². The van der Waals surface area contributed by atoms with E-state index in [4.69, 9.17) is 4.74 Å². The Morgan fingerprint density at radius 3 is 1.56 bits per heavy atom. The van der Waals surface area contributed by atoms with Crippen LogP contribution in [0.5, 0.6) is 0 Å². The maximum Gasteiger partial charge on any atom is 0.312 e. The zero-order chi connectivity index (χ0) is 13.4. The Morgan fingerprint density at radius 2 is 1.31 bits per heavy atom. The van der Waals surface area contributed by atoms with Crippen LogP contribution in [0.1, 0.15) is 62.3 Å². The Bertz CT molecular complexity index is 254. The highest BCUT2D eigenvalue weighted by Gasteiger charge is 2.43. The molecule has 0 aliphatic heterocycles. The Morgan fingerprint density at radius 1 is 0.938 bits per heavy atom. The lowest BCUT2D eigenvalue weighted by Crippen LogP contribution is -2.44. The van der Waals surface area contributed by atoms with Gasteiger partial charge in [-0.3, -0.25) is 4.79 Å². The highest BCUT2D eigenvalue weighted by molar-refractivity contribution is 5.77. The standard InChI is InChI=1S/C14H28O2/c1-10(2)14(8,9)16-11(15)13(6,7)12(3,4)5/h10H,1-9H3. The summed E-state index contributed by atoms with van der Waals surface area (Å²) in [5.74, 6) is 0.200. The monoisotopic (exact) mass is 228 g/mol. The van der Waals surface area contributed by atoms with Gasteiger partial charge in [0, 0.05) is 0 Å². The fourth-order valence-corrected chi connectivity index (χ4v) is 0.791. The second-order valence-electron chi connectivity index (χ2n) is 7.02. The van der Waals surface area contributed by atoms with Gasteiger partial charge in [0.15, 0.2) is 0 Å². The van der Waals surface area contributed by atoms with Crippen LogP contribution in [0, 0.1) is 16.7 Å². The molecule has 0 bridgehead atoms. The number of hydrogen-bond acceptors (Lipinski definition) is 2. The molecule has 0 rings (SSSR count). The molecule has 0 spiro atoms. The number of hydrogen-bond donors (Lipinski definition) is 0. The molecule has 0 aromatic rings. The van der Waals surface area contributed by atoms with Crippen LogP contribution in [0.25, 0.3) is 0 Å². The topological polar surface area (TPSA) is 26.3 Å². The van der Waals surface area contributed by atoms with Gasteiger partial charge < -0.3 is 4.74 Å². The third-order valence-electron chi connectivity index (χ3n) is 4.13. The molecule has 0 aromatic carbocycles. The third kappa shape index (κ3) is 3.23. The van der Waals surface area contributed by atoms with E-state index in [0.29, 0.717) is 5.92 Å². The SMILES string of the molecule is CC(C)C(C)(C)OC(=O)C(C)(C)C(C)(C)C. The summed E-state index contributed by atoms with van der Waals surface area (Å²) in [4.78, 5) is 12.2. The van der Waals surface area contributed by atoms with Gasteiger partial charge in [-0.2, -0.15) is 0 Å². The van der Waals surface area contributed by atoms with E-state index in [1.165, 1.54) is 0 Å². The average Bonchev–Trinajstić information content (AvgIpc) is 2.00. The van der Waals surface area contributed by atoms with E-state index in [9.17, 15) is 4.79 Å². The molecule has 0 aliphatic carbocycles. The molecule has 0 heterocycles. The first kappa shape index (κ1) is 15.5. The summed E-state index contributed by atoms with van der Waals surface area (Å²) >= 11 is 0. The molecular weight excluding hydrogens is 200 g/mol. The van der Waals surface area contributed by atoms with Gasteiger partial charge in [-0.1, -0.05) is 34.6 Å². The van der Waals surface area contributed by atoms with Crippen molar-refractivity contribution in [3.05, 3.63) is 0 Å². The molecular formula is C14H28O2. The molecule has 0 saturated carbocycles. The van der Waals surface area contributed by atoms with E-state index in [1.54, 1.807) is 0 Å². The van der Waals surface area contributed by atoms with Crippen LogP contribution in [-0.4, -0.2) is 11.6 Å². The van der Waals surface area contributed by atoms with E-state index < -0.39 is 11.0 Å². The molecule has 0 amide bonds. The molecule has 0 aromatic heterocycles. The van der Waals surface area contributed by atoms with Gasteiger partial charge in [0.2, 0.25) is 0 Å². The summed E-state index contributed by atoms with van der Waals surface area (Å²) in [6, 6.07) is 0. The largest absolute Gasteiger partial charge is 0.459 e. The van der Waals surface area contributed by atoms with Crippen LogP contribution < -0.4 is 0 Å². The molecule has 0 unspecified atom stereocenters. The molecule has 0 radical (unpaired) electrons. The van der Waals surface area contributed by atoms with Gasteiger partial charge in [-0.15, -0.1) is 0 Å². The summed E-state index contributed by atoms with van der Waals surface area (Å²) < 4.78 is 5.65. The van der Waals surface area contributed by atoms with Crippen molar-refractivity contribution >= 4 is 5.97 Å². The number of carbonyl (C=O) groups is 1. The van der Waals surface area contributed by atoms with E-state index in [0.717, 1.165) is 0 Å². The van der Waals surface area contributed by atoms with Gasteiger partial charge in [-0.05, 0) is 39.0 Å². The second-order valence-corrected chi connectivity index (χ2v) is 7.02. The van der Waals surface area contributed by atoms with Gasteiger partial charge in [0.1, 0.15) is 5.60 Å². The fourth-order valence-electron chi connectivity index (χ4n) is 0.791. The number of rotatable bonds is 3. The molecule has 0 N–H and O–H groups in total. The molecule has 96 valence electrons. The zero-order valence-electron chi connectivity index (χ0n) is 12.4. The molecule has 2 nitrogen and oxygen atoms in total. The minimum absolute atomic E-state index is 0.100. The number of carbonyl (C=O) groups excluding carboxylic acids is 1. The van der Waals surface area contributed by atoms with E-state index in [2.05, 4.69) is 34.6 Å². The van der Waals surface area contributed by atoms with Crippen LogP contribution in [0.15, 0.2) is 0 Å². The second kappa shape index (κ2) is 4.38. The Balaban J connectivity index is 4.86. The first-order valence-corrected chi connectivity index (χ1v) is 6.06. The van der Waals surface area contributed by atoms with Crippen LogP contribution >= 0.6 is 0 Å². The lowest BCUT2D eigenvalue weighted by molar-refractivity contribution is -0.177. The summed E-state index contributed by atoms with van der Waals surface area (Å²) in [5.41, 5.74) is -0.976. The maximum atomic E-state index is 12.2. The Kier molecular flexibility index (Phi) is 4.24. The van der Waals surface area contributed by atoms with Crippen molar-refractivity contribution in [3.63, 3.8) is 0 Å². The van der Waals surface area contributed by atoms with Crippen molar-refractivity contribution in [1.29, 1.82) is 0 Å². The first-order valence-electron chi connectivity index (χ1n) is 6.06. The molecule has 0 fully saturated rings. The molecule has 0 atom stereocenters. The maximum absolute atomic E-state index is 12.2. The number of esters is 1. The van der Waals surface area contributed by atoms with E-state index in [-0.39, 0.29) is 11.4 Å². The zero-order valence-corrected chi connectivity index (χ0v) is 12.4. The fraction of sp³-hybridized carbons (Fsp3) is 0.929. The van der Waals surface area contributed by atoms with Crippen molar-refractivity contribution in [2.75, 3.05) is 0 Å².